The van der Waals surface area contributed by atoms with E-state index >= 15 is 0 Å². The smallest absolute Gasteiger partial charge is 0.271 e. The van der Waals surface area contributed by atoms with Gasteiger partial charge in [-0.05, 0) is 48.0 Å². The first-order chi connectivity index (χ1) is 12.6. The highest BCUT2D eigenvalue weighted by molar-refractivity contribution is 7.13. The summed E-state index contributed by atoms with van der Waals surface area (Å²) >= 11 is 2.37. The number of aldehydes is 1. The Morgan fingerprint density at radius 3 is 2.77 bits per heavy atom. The summed E-state index contributed by atoms with van der Waals surface area (Å²) in [4.78, 5) is 37.1. The molecule has 0 aliphatic heterocycles. The summed E-state index contributed by atoms with van der Waals surface area (Å²) in [5, 5.41) is 2.01. The van der Waals surface area contributed by atoms with Crippen molar-refractivity contribution in [3.63, 3.8) is 0 Å². The van der Waals surface area contributed by atoms with Crippen LogP contribution in [0.15, 0.2) is 33.2 Å². The minimum Gasteiger partial charge on any atom is -0.328 e. The number of hydrogen-bond acceptors (Lipinski definition) is 5. The van der Waals surface area contributed by atoms with Crippen molar-refractivity contribution in [2.45, 2.75) is 18.9 Å². The molecule has 130 valence electrons. The van der Waals surface area contributed by atoms with Gasteiger partial charge in [-0.1, -0.05) is 0 Å². The number of nitrogens with one attached hydrogen (secondary N) is 1. The SMILES string of the molecule is O=Cc1sccc1-c1cc2c(cc1F)c(=O)c1c(=O)[nH]sc1n2C1CC1. The van der Waals surface area contributed by atoms with E-state index in [0.717, 1.165) is 24.4 Å². The van der Waals surface area contributed by atoms with E-state index in [1.165, 1.54) is 17.4 Å². The largest absolute Gasteiger partial charge is 0.328 e. The second-order valence-electron chi connectivity index (χ2n) is 6.31. The molecular formula is C18H11FN2O3S2. The van der Waals surface area contributed by atoms with E-state index in [2.05, 4.69) is 4.37 Å². The van der Waals surface area contributed by atoms with Crippen molar-refractivity contribution in [1.29, 1.82) is 0 Å². The van der Waals surface area contributed by atoms with E-state index in [4.69, 9.17) is 0 Å². The van der Waals surface area contributed by atoms with Gasteiger partial charge in [-0.3, -0.25) is 18.8 Å². The lowest BCUT2D eigenvalue weighted by atomic mass is 10.0. The Bertz CT molecular complexity index is 1320. The lowest BCUT2D eigenvalue weighted by molar-refractivity contribution is 0.112. The number of rotatable bonds is 3. The number of aromatic nitrogens is 2. The molecule has 0 unspecified atom stereocenters. The van der Waals surface area contributed by atoms with E-state index in [0.29, 0.717) is 27.1 Å². The summed E-state index contributed by atoms with van der Waals surface area (Å²) in [7, 11) is 0. The van der Waals surface area contributed by atoms with Crippen LogP contribution in [0.25, 0.3) is 32.2 Å². The maximum atomic E-state index is 14.8. The molecule has 0 atom stereocenters. The summed E-state index contributed by atoms with van der Waals surface area (Å²) in [5.41, 5.74) is 0.510. The van der Waals surface area contributed by atoms with Crippen LogP contribution < -0.4 is 11.0 Å². The molecule has 0 spiro atoms. The first-order valence-electron chi connectivity index (χ1n) is 8.02. The van der Waals surface area contributed by atoms with Crippen molar-refractivity contribution >= 4 is 50.3 Å². The fourth-order valence-electron chi connectivity index (χ4n) is 3.39. The summed E-state index contributed by atoms with van der Waals surface area (Å²) in [6.07, 6.45) is 2.60. The van der Waals surface area contributed by atoms with Crippen LogP contribution >= 0.6 is 22.9 Å². The van der Waals surface area contributed by atoms with Crippen molar-refractivity contribution in [2.75, 3.05) is 0 Å². The monoisotopic (exact) mass is 386 g/mol. The molecule has 3 aromatic heterocycles. The third-order valence-corrected chi connectivity index (χ3v) is 6.44. The Labute approximate surface area is 153 Å². The molecule has 0 bridgehead atoms. The van der Waals surface area contributed by atoms with Gasteiger partial charge < -0.3 is 4.57 Å². The van der Waals surface area contributed by atoms with Crippen molar-refractivity contribution < 1.29 is 9.18 Å². The minimum atomic E-state index is -0.579. The highest BCUT2D eigenvalue weighted by Gasteiger charge is 2.29. The molecule has 1 aromatic carbocycles. The number of carbonyl (C=O) groups is 1. The highest BCUT2D eigenvalue weighted by Crippen LogP contribution is 2.41. The van der Waals surface area contributed by atoms with Gasteiger partial charge in [0.1, 0.15) is 16.0 Å². The number of hydrogen-bond donors (Lipinski definition) is 1. The Hall–Kier alpha value is -2.58. The fourth-order valence-corrected chi connectivity index (χ4v) is 5.02. The third-order valence-electron chi connectivity index (χ3n) is 4.72. The van der Waals surface area contributed by atoms with Crippen LogP contribution in [-0.2, 0) is 0 Å². The van der Waals surface area contributed by atoms with Crippen molar-refractivity contribution in [2.24, 2.45) is 0 Å². The lowest BCUT2D eigenvalue weighted by Crippen LogP contribution is -2.15. The van der Waals surface area contributed by atoms with E-state index in [9.17, 15) is 18.8 Å². The summed E-state index contributed by atoms with van der Waals surface area (Å²) < 4.78 is 19.4. The summed E-state index contributed by atoms with van der Waals surface area (Å²) in [6.45, 7) is 0. The van der Waals surface area contributed by atoms with Crippen LogP contribution in [-0.4, -0.2) is 15.2 Å². The number of halogens is 1. The second kappa shape index (κ2) is 5.46. The van der Waals surface area contributed by atoms with Gasteiger partial charge >= 0.3 is 0 Å². The molecule has 0 saturated heterocycles. The first kappa shape index (κ1) is 15.7. The zero-order valence-corrected chi connectivity index (χ0v) is 14.9. The lowest BCUT2D eigenvalue weighted by Gasteiger charge is -2.13. The molecule has 1 aliphatic carbocycles. The van der Waals surface area contributed by atoms with Gasteiger partial charge in [0, 0.05) is 22.6 Å². The number of nitrogens with zero attached hydrogens (tertiary/aromatic N) is 1. The van der Waals surface area contributed by atoms with Gasteiger partial charge in [-0.15, -0.1) is 11.3 Å². The van der Waals surface area contributed by atoms with Gasteiger partial charge in [0.25, 0.3) is 5.56 Å². The van der Waals surface area contributed by atoms with E-state index in [1.807, 2.05) is 4.57 Å². The zero-order valence-electron chi connectivity index (χ0n) is 13.2. The standard InChI is InChI=1S/C18H11FN2O3S2/c19-12-5-11-13(6-10(12)9-3-4-25-14(9)7-22)21(8-1-2-8)18-15(16(11)23)17(24)20-26-18/h3-8H,1-2H2,(H,20,24). The van der Waals surface area contributed by atoms with E-state index < -0.39 is 16.8 Å². The van der Waals surface area contributed by atoms with E-state index in [-0.39, 0.29) is 22.4 Å². The molecule has 1 fully saturated rings. The van der Waals surface area contributed by atoms with Gasteiger partial charge in [-0.2, -0.15) is 0 Å². The van der Waals surface area contributed by atoms with Crippen LogP contribution in [0.1, 0.15) is 28.6 Å². The number of thiophene rings is 1. The normalized spacial score (nSPS) is 14.3. The molecule has 1 aliphatic rings. The highest BCUT2D eigenvalue weighted by atomic mass is 32.1. The predicted molar refractivity (Wildman–Crippen MR) is 101 cm³/mol. The van der Waals surface area contributed by atoms with Crippen LogP contribution in [0.3, 0.4) is 0 Å². The maximum absolute atomic E-state index is 14.8. The molecule has 3 heterocycles. The number of carbonyl (C=O) groups excluding carboxylic acids is 1. The molecule has 5 nitrogen and oxygen atoms in total. The number of H-pyrrole nitrogens is 1. The number of fused-ring (bicyclic) bond motifs is 2. The Morgan fingerprint density at radius 1 is 1.23 bits per heavy atom. The molecule has 26 heavy (non-hydrogen) atoms. The average Bonchev–Trinajstić information content (AvgIpc) is 3.22. The fraction of sp³-hybridized carbons (Fsp3) is 0.167. The van der Waals surface area contributed by atoms with Gasteiger partial charge in [0.2, 0.25) is 5.43 Å². The molecule has 0 radical (unpaired) electrons. The average molecular weight is 386 g/mol. The van der Waals surface area contributed by atoms with Gasteiger partial charge in [0.05, 0.1) is 10.4 Å². The van der Waals surface area contributed by atoms with Crippen LogP contribution in [0.5, 0.6) is 0 Å². The summed E-state index contributed by atoms with van der Waals surface area (Å²) in [5.74, 6) is -0.579. The predicted octanol–water partition coefficient (Wildman–Crippen LogP) is 3.92. The molecule has 0 amide bonds. The van der Waals surface area contributed by atoms with Crippen molar-refractivity contribution in [1.82, 2.24) is 8.94 Å². The first-order valence-corrected chi connectivity index (χ1v) is 9.71. The molecule has 1 saturated carbocycles. The second-order valence-corrected chi connectivity index (χ2v) is 8.05. The number of pyridine rings is 1. The molecule has 4 aromatic rings. The van der Waals surface area contributed by atoms with Crippen LogP contribution in [0.4, 0.5) is 4.39 Å². The maximum Gasteiger partial charge on any atom is 0.271 e. The Balaban J connectivity index is 1.96. The zero-order chi connectivity index (χ0) is 18.0. The molecule has 1 N–H and O–H groups in total. The Morgan fingerprint density at radius 2 is 2.04 bits per heavy atom. The van der Waals surface area contributed by atoms with Gasteiger partial charge in [-0.25, -0.2) is 4.39 Å². The molecule has 8 heteroatoms. The number of aromatic amines is 1. The minimum absolute atomic E-state index is 0.0886. The quantitative estimate of drug-likeness (QED) is 0.543. The van der Waals surface area contributed by atoms with E-state index in [1.54, 1.807) is 17.5 Å². The van der Waals surface area contributed by atoms with Crippen molar-refractivity contribution in [3.05, 3.63) is 54.9 Å². The number of benzene rings is 1. The third kappa shape index (κ3) is 2.09. The summed E-state index contributed by atoms with van der Waals surface area (Å²) in [6, 6.07) is 4.71. The molecule has 5 rings (SSSR count). The Kier molecular flexibility index (Phi) is 3.29. The van der Waals surface area contributed by atoms with Crippen molar-refractivity contribution in [3.8, 4) is 11.1 Å². The van der Waals surface area contributed by atoms with Gasteiger partial charge in [0.15, 0.2) is 6.29 Å². The topological polar surface area (TPSA) is 71.9 Å². The van der Waals surface area contributed by atoms with Crippen LogP contribution in [0.2, 0.25) is 0 Å². The molecular weight excluding hydrogens is 375 g/mol. The van der Waals surface area contributed by atoms with Crippen LogP contribution in [0, 0.1) is 5.82 Å².